The molecule has 2 atom stereocenters. The summed E-state index contributed by atoms with van der Waals surface area (Å²) in [6.07, 6.45) is 70.0. The van der Waals surface area contributed by atoms with Gasteiger partial charge in [-0.2, -0.15) is 0 Å². The van der Waals surface area contributed by atoms with Gasteiger partial charge in [-0.25, -0.2) is 4.79 Å². The van der Waals surface area contributed by atoms with Crippen LogP contribution in [0.3, 0.4) is 0 Å². The molecular formula is C58H88NO7+. The lowest BCUT2D eigenvalue weighted by molar-refractivity contribution is -0.887. The van der Waals surface area contributed by atoms with Gasteiger partial charge in [0, 0.05) is 19.3 Å². The Bertz CT molecular complexity index is 1620. The molecule has 0 fully saturated rings. The maximum Gasteiger partial charge on any atom is 0.362 e. The van der Waals surface area contributed by atoms with Crippen molar-refractivity contribution >= 4 is 17.9 Å². The van der Waals surface area contributed by atoms with Crippen molar-refractivity contribution < 1.29 is 38.2 Å². The van der Waals surface area contributed by atoms with E-state index >= 15 is 0 Å². The smallest absolute Gasteiger partial charge is 0.362 e. The molecule has 0 aliphatic carbocycles. The lowest BCUT2D eigenvalue weighted by Gasteiger charge is -2.31. The van der Waals surface area contributed by atoms with Crippen LogP contribution < -0.4 is 0 Å². The first-order valence-corrected chi connectivity index (χ1v) is 24.6. The molecule has 66 heavy (non-hydrogen) atoms. The van der Waals surface area contributed by atoms with Crippen LogP contribution in [0.5, 0.6) is 0 Å². The van der Waals surface area contributed by atoms with Gasteiger partial charge in [0.2, 0.25) is 0 Å². The van der Waals surface area contributed by atoms with Crippen LogP contribution >= 0.6 is 0 Å². The average molecular weight is 911 g/mol. The molecule has 0 spiro atoms. The average Bonchev–Trinajstić information content (AvgIpc) is 3.28. The van der Waals surface area contributed by atoms with Crippen molar-refractivity contribution in [2.45, 2.75) is 148 Å². The van der Waals surface area contributed by atoms with Crippen molar-refractivity contribution in [1.82, 2.24) is 0 Å². The van der Waals surface area contributed by atoms with Crippen molar-refractivity contribution in [2.75, 3.05) is 41.0 Å². The number of carbonyl (C=O) groups excluding carboxylic acids is 2. The molecule has 0 aliphatic rings. The summed E-state index contributed by atoms with van der Waals surface area (Å²) in [6, 6.07) is -0.640. The highest BCUT2D eigenvalue weighted by molar-refractivity contribution is 5.72. The molecule has 8 nitrogen and oxygen atoms in total. The second kappa shape index (κ2) is 46.5. The number of rotatable bonds is 41. The highest BCUT2D eigenvalue weighted by Crippen LogP contribution is 2.12. The number of allylic oxidation sites excluding steroid dienone is 26. The number of nitrogens with zero attached hydrogens (tertiary/aromatic N) is 1. The van der Waals surface area contributed by atoms with Crippen LogP contribution in [-0.2, 0) is 28.6 Å². The van der Waals surface area contributed by atoms with Crippen LogP contribution in [-0.4, -0.2) is 80.6 Å². The lowest BCUT2D eigenvalue weighted by Crippen LogP contribution is -2.50. The molecule has 0 aliphatic heterocycles. The fourth-order valence-electron chi connectivity index (χ4n) is 6.13. The Hall–Kier alpha value is -5.05. The molecule has 8 heteroatoms. The molecule has 0 aromatic heterocycles. The largest absolute Gasteiger partial charge is 0.477 e. The number of esters is 2. The fourth-order valence-corrected chi connectivity index (χ4v) is 6.13. The molecule has 0 heterocycles. The summed E-state index contributed by atoms with van der Waals surface area (Å²) in [7, 11) is 5.48. The minimum absolute atomic E-state index is 0.0206. The zero-order valence-corrected chi connectivity index (χ0v) is 41.6. The van der Waals surface area contributed by atoms with Gasteiger partial charge in [-0.05, 0) is 83.5 Å². The maximum atomic E-state index is 12.8. The highest BCUT2D eigenvalue weighted by Gasteiger charge is 2.31. The van der Waals surface area contributed by atoms with Crippen LogP contribution in [0, 0.1) is 0 Å². The molecule has 1 N–H and O–H groups in total. The van der Waals surface area contributed by atoms with E-state index in [2.05, 4.69) is 98.9 Å². The number of carbonyl (C=O) groups is 3. The number of hydrogen-bond acceptors (Lipinski definition) is 6. The topological polar surface area (TPSA) is 99.1 Å². The maximum absolute atomic E-state index is 12.8. The van der Waals surface area contributed by atoms with Gasteiger partial charge in [-0.1, -0.05) is 191 Å². The van der Waals surface area contributed by atoms with Gasteiger partial charge >= 0.3 is 17.9 Å². The molecule has 0 radical (unpaired) electrons. The summed E-state index contributed by atoms with van der Waals surface area (Å²) in [5.74, 6) is -1.59. The summed E-state index contributed by atoms with van der Waals surface area (Å²) in [6.45, 7) is 4.36. The Morgan fingerprint density at radius 2 is 0.879 bits per heavy atom. The predicted molar refractivity (Wildman–Crippen MR) is 279 cm³/mol. The van der Waals surface area contributed by atoms with Crippen LogP contribution in [0.15, 0.2) is 158 Å². The quantitative estimate of drug-likeness (QED) is 0.0214. The third-order valence-corrected chi connectivity index (χ3v) is 9.87. The molecule has 0 bridgehead atoms. The standard InChI is InChI=1S/C58H87NO7/c1-6-8-10-12-14-16-18-20-22-24-26-27-28-29-31-32-34-36-38-40-42-44-46-48-56(60)65-53-54(52-64-51-50-55(58(62)63)59(3,4)5)66-57(61)49-47-45-43-41-39-37-35-33-30-25-23-21-19-17-15-13-11-9-7-2/h8-11,13-17,19-23,25-27,29-31,33-37,39,54-55H,6-7,12,18,24,28,32,38,40-53H2,1-5H3/p+1/b10-8+,11-9+,15-13+,16-14+,19-17+,22-20+,23-21+,27-26+,30-25+,31-29+,35-33+,36-34+,39-37+. The Balaban J connectivity index is 4.47. The van der Waals surface area contributed by atoms with E-state index in [4.69, 9.17) is 14.2 Å². The van der Waals surface area contributed by atoms with Crippen LogP contribution in [0.4, 0.5) is 0 Å². The normalized spacial score (nSPS) is 14.3. The number of ether oxygens (including phenoxy) is 3. The summed E-state index contributed by atoms with van der Waals surface area (Å²) >= 11 is 0. The lowest BCUT2D eigenvalue weighted by atomic mass is 10.1. The van der Waals surface area contributed by atoms with Crippen molar-refractivity contribution in [2.24, 2.45) is 0 Å². The minimum atomic E-state index is -0.895. The van der Waals surface area contributed by atoms with Crippen LogP contribution in [0.1, 0.15) is 136 Å². The molecule has 0 aromatic rings. The molecule has 0 saturated carbocycles. The molecule has 366 valence electrons. The monoisotopic (exact) mass is 911 g/mol. The zero-order chi connectivity index (χ0) is 48.4. The molecule has 0 aromatic carbocycles. The van der Waals surface area contributed by atoms with E-state index in [1.54, 1.807) is 0 Å². The van der Waals surface area contributed by atoms with E-state index in [0.29, 0.717) is 19.3 Å². The number of carboxylic acid groups (broad SMARTS) is 1. The minimum Gasteiger partial charge on any atom is -0.477 e. The number of quaternary nitrogens is 1. The first kappa shape index (κ1) is 60.9. The van der Waals surface area contributed by atoms with Gasteiger partial charge in [-0.15, -0.1) is 0 Å². The number of aliphatic carboxylic acids is 1. The second-order valence-corrected chi connectivity index (χ2v) is 16.8. The van der Waals surface area contributed by atoms with Gasteiger partial charge in [0.15, 0.2) is 12.1 Å². The van der Waals surface area contributed by atoms with E-state index in [-0.39, 0.29) is 42.7 Å². The molecular weight excluding hydrogens is 823 g/mol. The van der Waals surface area contributed by atoms with E-state index in [0.717, 1.165) is 96.3 Å². The summed E-state index contributed by atoms with van der Waals surface area (Å²) in [5, 5.41) is 9.65. The number of unbranched alkanes of at least 4 members (excludes halogenated alkanes) is 7. The SMILES string of the molecule is CC/C=C/C=C/C=C/C=C/C=C/C=C/C=C/CCCCCC(=O)OC(COCCC(C(=O)O)[N+](C)(C)C)COC(=O)CCCCCC/C=C/C/C=C/C/C=C/C/C=C/C/C=C/C/C=C/CC. The van der Waals surface area contributed by atoms with E-state index in [1.807, 2.05) is 94.1 Å². The van der Waals surface area contributed by atoms with Crippen molar-refractivity contribution in [1.29, 1.82) is 0 Å². The van der Waals surface area contributed by atoms with Crippen molar-refractivity contribution in [3.63, 3.8) is 0 Å². The Kier molecular flexibility index (Phi) is 42.9. The van der Waals surface area contributed by atoms with Crippen molar-refractivity contribution in [3.8, 4) is 0 Å². The van der Waals surface area contributed by atoms with Crippen LogP contribution in [0.2, 0.25) is 0 Å². The second-order valence-electron chi connectivity index (χ2n) is 16.8. The Morgan fingerprint density at radius 3 is 1.36 bits per heavy atom. The number of carboxylic acids is 1. The first-order valence-electron chi connectivity index (χ1n) is 24.6. The predicted octanol–water partition coefficient (Wildman–Crippen LogP) is 14.3. The molecule has 2 unspecified atom stereocenters. The summed E-state index contributed by atoms with van der Waals surface area (Å²) in [5.41, 5.74) is 0. The summed E-state index contributed by atoms with van der Waals surface area (Å²) in [4.78, 5) is 37.1. The summed E-state index contributed by atoms with van der Waals surface area (Å²) < 4.78 is 17.2. The Labute approximate surface area is 401 Å². The molecule has 0 saturated heterocycles. The van der Waals surface area contributed by atoms with Gasteiger partial charge in [0.1, 0.15) is 6.61 Å². The molecule has 0 amide bonds. The van der Waals surface area contributed by atoms with Gasteiger partial charge < -0.3 is 23.8 Å². The van der Waals surface area contributed by atoms with E-state index in [1.165, 1.54) is 0 Å². The molecule has 0 rings (SSSR count). The van der Waals surface area contributed by atoms with Crippen molar-refractivity contribution in [3.05, 3.63) is 158 Å². The number of hydrogen-bond donors (Lipinski definition) is 1. The van der Waals surface area contributed by atoms with Gasteiger partial charge in [0.25, 0.3) is 0 Å². The van der Waals surface area contributed by atoms with E-state index in [9.17, 15) is 19.5 Å². The number of likely N-dealkylation sites (N-methyl/N-ethyl adjacent to an activating group) is 1. The third-order valence-electron chi connectivity index (χ3n) is 9.87. The van der Waals surface area contributed by atoms with E-state index < -0.39 is 18.1 Å². The van der Waals surface area contributed by atoms with Gasteiger partial charge in [-0.3, -0.25) is 9.59 Å². The highest BCUT2D eigenvalue weighted by atomic mass is 16.6. The Morgan fingerprint density at radius 1 is 0.470 bits per heavy atom. The fraction of sp³-hybridized carbons (Fsp3) is 0.500. The zero-order valence-electron chi connectivity index (χ0n) is 41.6. The van der Waals surface area contributed by atoms with Crippen LogP contribution in [0.25, 0.3) is 0 Å². The van der Waals surface area contributed by atoms with Gasteiger partial charge in [0.05, 0.1) is 34.4 Å². The first-order chi connectivity index (χ1) is 32.1. The third kappa shape index (κ3) is 44.2.